The minimum Gasteiger partial charge on any atom is -0.355 e. The largest absolute Gasteiger partial charge is 0.355 e. The molecule has 2 amide bonds. The van der Waals surface area contributed by atoms with Gasteiger partial charge >= 0.3 is 0 Å². The Morgan fingerprint density at radius 1 is 1.06 bits per heavy atom. The summed E-state index contributed by atoms with van der Waals surface area (Å²) in [5.41, 5.74) is -0.675. The van der Waals surface area contributed by atoms with Crippen molar-refractivity contribution in [3.05, 3.63) is 99.9 Å². The number of halogens is 7. The van der Waals surface area contributed by atoms with Gasteiger partial charge in [0.1, 0.15) is 40.9 Å². The van der Waals surface area contributed by atoms with Crippen LogP contribution in [0.25, 0.3) is 22.2 Å². The number of fused-ring (bicyclic) bond motifs is 4. The van der Waals surface area contributed by atoms with Crippen molar-refractivity contribution in [1.82, 2.24) is 35.6 Å². The number of hydrogen-bond acceptors (Lipinski definition) is 5. The maximum absolute atomic E-state index is 15.2. The molecule has 5 aromatic rings. The van der Waals surface area contributed by atoms with Gasteiger partial charge in [-0.2, -0.15) is 19.0 Å². The molecule has 3 heterocycles. The highest BCUT2D eigenvalue weighted by molar-refractivity contribution is 5.96. The quantitative estimate of drug-likeness (QED) is 0.170. The smallest absolute Gasteiger partial charge is 0.293 e. The summed E-state index contributed by atoms with van der Waals surface area (Å²) < 4.78 is 102. The fourth-order valence-electron chi connectivity index (χ4n) is 6.53. The number of hydrogen-bond donors (Lipinski definition) is 3. The first-order chi connectivity index (χ1) is 22.8. The minimum atomic E-state index is -3.47. The summed E-state index contributed by atoms with van der Waals surface area (Å²) in [5, 5.41) is 15.4. The fraction of sp³-hybridized carbons (Fsp3) is 0.281. The molecule has 3 atom stereocenters. The number of H-pyrrole nitrogens is 1. The van der Waals surface area contributed by atoms with E-state index < -0.39 is 77.4 Å². The number of alkyl halides is 4. The lowest BCUT2D eigenvalue weighted by atomic mass is 9.94. The van der Waals surface area contributed by atoms with Crippen LogP contribution in [0.2, 0.25) is 0 Å². The lowest BCUT2D eigenvalue weighted by Crippen LogP contribution is -2.35. The topological polar surface area (TPSA) is 118 Å². The maximum atomic E-state index is 15.2. The molecule has 0 spiro atoms. The Hall–Kier alpha value is -5.28. The van der Waals surface area contributed by atoms with Crippen molar-refractivity contribution in [3.8, 4) is 11.1 Å². The van der Waals surface area contributed by atoms with E-state index in [-0.39, 0.29) is 46.4 Å². The van der Waals surface area contributed by atoms with Crippen LogP contribution < -0.4 is 10.6 Å². The monoisotopic (exact) mass is 671 g/mol. The van der Waals surface area contributed by atoms with Crippen molar-refractivity contribution >= 4 is 22.8 Å². The van der Waals surface area contributed by atoms with Crippen LogP contribution in [0.4, 0.5) is 30.7 Å². The summed E-state index contributed by atoms with van der Waals surface area (Å²) in [7, 11) is 1.32. The molecule has 3 N–H and O–H groups in total. The van der Waals surface area contributed by atoms with Crippen molar-refractivity contribution in [2.75, 3.05) is 7.05 Å². The average Bonchev–Trinajstić information content (AvgIpc) is 3.44. The summed E-state index contributed by atoms with van der Waals surface area (Å²) in [6.07, 6.45) is -2.01. The second kappa shape index (κ2) is 11.5. The number of carbonyl (C=O) groups excluding carboxylic acids is 2. The number of aromatic nitrogens is 5. The van der Waals surface area contributed by atoms with Gasteiger partial charge in [0.2, 0.25) is 5.91 Å². The molecule has 9 nitrogen and oxygen atoms in total. The summed E-state index contributed by atoms with van der Waals surface area (Å²) in [6, 6.07) is 6.72. The van der Waals surface area contributed by atoms with Gasteiger partial charge in [-0.25, -0.2) is 26.9 Å². The van der Waals surface area contributed by atoms with E-state index in [4.69, 9.17) is 0 Å². The van der Waals surface area contributed by atoms with Crippen LogP contribution in [0.5, 0.6) is 0 Å². The highest BCUT2D eigenvalue weighted by Gasteiger charge is 2.67. The van der Waals surface area contributed by atoms with Gasteiger partial charge in [0, 0.05) is 30.2 Å². The van der Waals surface area contributed by atoms with E-state index in [9.17, 15) is 31.5 Å². The van der Waals surface area contributed by atoms with Crippen LogP contribution in [-0.4, -0.2) is 43.8 Å². The Morgan fingerprint density at radius 3 is 2.52 bits per heavy atom. The molecule has 3 unspecified atom stereocenters. The number of rotatable bonds is 9. The zero-order valence-electron chi connectivity index (χ0n) is 24.8. The van der Waals surface area contributed by atoms with Crippen LogP contribution in [-0.2, 0) is 23.7 Å². The fourth-order valence-corrected chi connectivity index (χ4v) is 6.53. The third-order valence-corrected chi connectivity index (χ3v) is 8.69. The van der Waals surface area contributed by atoms with Crippen LogP contribution in [0.15, 0.2) is 48.7 Å². The lowest BCUT2D eigenvalue weighted by Gasteiger charge is -2.23. The molecule has 0 radical (unpaired) electrons. The van der Waals surface area contributed by atoms with Crippen molar-refractivity contribution in [2.24, 2.45) is 5.92 Å². The molecule has 7 rings (SSSR count). The Labute approximate surface area is 266 Å². The van der Waals surface area contributed by atoms with Gasteiger partial charge < -0.3 is 10.6 Å². The van der Waals surface area contributed by atoms with E-state index in [1.165, 1.54) is 25.4 Å². The SMILES string of the molecule is CNC(=O)c1cc(-c2cc3[nH]ncc3nc2C(Cc2cc(F)cc(F)c2)NC(=O)Cn2nc(C(F)F)c3c2C(F)(F)C2CC32)ccc1F. The molecule has 1 saturated carbocycles. The van der Waals surface area contributed by atoms with Gasteiger partial charge in [0.25, 0.3) is 18.3 Å². The summed E-state index contributed by atoms with van der Waals surface area (Å²) in [4.78, 5) is 30.6. The van der Waals surface area contributed by atoms with E-state index in [0.29, 0.717) is 21.8 Å². The molecule has 0 saturated heterocycles. The van der Waals surface area contributed by atoms with Crippen LogP contribution in [0, 0.1) is 23.4 Å². The first kappa shape index (κ1) is 31.3. The molecule has 3 aromatic heterocycles. The Morgan fingerprint density at radius 2 is 1.81 bits per heavy atom. The molecule has 0 aliphatic heterocycles. The Kier molecular flexibility index (Phi) is 7.47. The molecule has 2 aliphatic rings. The summed E-state index contributed by atoms with van der Waals surface area (Å²) >= 11 is 0. The summed E-state index contributed by atoms with van der Waals surface area (Å²) in [6.45, 7) is -0.876. The Balaban J connectivity index is 1.32. The van der Waals surface area contributed by atoms with Gasteiger partial charge in [0.15, 0.2) is 0 Å². The van der Waals surface area contributed by atoms with Gasteiger partial charge in [-0.15, -0.1) is 0 Å². The van der Waals surface area contributed by atoms with E-state index in [0.717, 1.165) is 18.2 Å². The van der Waals surface area contributed by atoms with Crippen molar-refractivity contribution in [3.63, 3.8) is 0 Å². The van der Waals surface area contributed by atoms with Gasteiger partial charge in [-0.1, -0.05) is 6.07 Å². The molecule has 0 bridgehead atoms. The first-order valence-corrected chi connectivity index (χ1v) is 14.7. The van der Waals surface area contributed by atoms with Crippen molar-refractivity contribution in [1.29, 1.82) is 0 Å². The third kappa shape index (κ3) is 5.34. The number of nitrogens with one attached hydrogen (secondary N) is 3. The molecular weight excluding hydrogens is 647 g/mol. The van der Waals surface area contributed by atoms with E-state index in [1.807, 2.05) is 0 Å². The predicted octanol–water partition coefficient (Wildman–Crippen LogP) is 5.85. The van der Waals surface area contributed by atoms with Crippen LogP contribution in [0.1, 0.15) is 63.4 Å². The second-order valence-corrected chi connectivity index (χ2v) is 11.8. The standard InChI is InChI=1S/C32H24F7N7O2/c1-40-31(48)19-7-14(2-3-21(19)35)17-10-22-24(11-41-44-22)43-27(17)23(6-13-4-15(33)8-16(34)5-13)42-25(47)12-46-29-26(28(45-46)30(36)37)18-9-20(18)32(29,38)39/h2-5,7-8,10-11,18,20,23,30H,6,9,12H2,1H3,(H,40,48)(H,41,44)(H,42,47). The van der Waals surface area contributed by atoms with Gasteiger partial charge in [-0.05, 0) is 60.2 Å². The Bertz CT molecular complexity index is 2090. The van der Waals surface area contributed by atoms with E-state index in [2.05, 4.69) is 30.9 Å². The number of nitrogens with zero attached hydrogens (tertiary/aromatic N) is 4. The normalized spacial score (nSPS) is 18.1. The number of benzene rings is 2. The third-order valence-electron chi connectivity index (χ3n) is 8.69. The average molecular weight is 672 g/mol. The second-order valence-electron chi connectivity index (χ2n) is 11.8. The number of pyridine rings is 1. The number of aromatic amines is 1. The molecular formula is C32H24F7N7O2. The van der Waals surface area contributed by atoms with E-state index in [1.54, 1.807) is 6.07 Å². The lowest BCUT2D eigenvalue weighted by molar-refractivity contribution is -0.123. The van der Waals surface area contributed by atoms with Gasteiger partial charge in [-0.3, -0.25) is 19.4 Å². The maximum Gasteiger partial charge on any atom is 0.293 e. The molecule has 1 fully saturated rings. The van der Waals surface area contributed by atoms with Crippen LogP contribution >= 0.6 is 0 Å². The molecule has 2 aromatic carbocycles. The zero-order chi connectivity index (χ0) is 34.1. The van der Waals surface area contributed by atoms with Crippen molar-refractivity contribution < 1.29 is 40.3 Å². The number of carbonyl (C=O) groups is 2. The number of amides is 2. The zero-order valence-corrected chi connectivity index (χ0v) is 24.8. The molecule has 248 valence electrons. The highest BCUT2D eigenvalue weighted by atomic mass is 19.3. The molecule has 2 aliphatic carbocycles. The van der Waals surface area contributed by atoms with Gasteiger partial charge in [0.05, 0.1) is 29.0 Å². The van der Waals surface area contributed by atoms with Crippen LogP contribution in [0.3, 0.4) is 0 Å². The highest BCUT2D eigenvalue weighted by Crippen LogP contribution is 2.68. The molecule has 48 heavy (non-hydrogen) atoms. The summed E-state index contributed by atoms with van der Waals surface area (Å²) in [5.74, 6) is -9.68. The molecule has 16 heteroatoms. The minimum absolute atomic E-state index is 0.0415. The predicted molar refractivity (Wildman–Crippen MR) is 156 cm³/mol. The first-order valence-electron chi connectivity index (χ1n) is 14.7. The van der Waals surface area contributed by atoms with Crippen molar-refractivity contribution in [2.45, 2.75) is 43.7 Å². The van der Waals surface area contributed by atoms with E-state index >= 15 is 8.78 Å².